The van der Waals surface area contributed by atoms with E-state index in [1.807, 2.05) is 6.92 Å². The van der Waals surface area contributed by atoms with E-state index in [9.17, 15) is 0 Å². The molecule has 2 nitrogen and oxygen atoms in total. The quantitative estimate of drug-likeness (QED) is 0.557. The highest BCUT2D eigenvalue weighted by molar-refractivity contribution is 14.1. The van der Waals surface area contributed by atoms with Crippen molar-refractivity contribution in [3.63, 3.8) is 0 Å². The maximum absolute atomic E-state index is 5.46. The number of hydrogen-bond donors (Lipinski definition) is 0. The number of halogens is 1. The lowest BCUT2D eigenvalue weighted by Gasteiger charge is -2.23. The molecule has 0 aromatic rings. The molecule has 0 aromatic carbocycles. The first kappa shape index (κ1) is 8.74. The van der Waals surface area contributed by atoms with Crippen molar-refractivity contribution >= 4 is 22.6 Å². The number of rotatable bonds is 2. The second-order valence-electron chi connectivity index (χ2n) is 2.48. The van der Waals surface area contributed by atoms with Gasteiger partial charge in [-0.3, -0.25) is 0 Å². The molecule has 3 heteroatoms. The summed E-state index contributed by atoms with van der Waals surface area (Å²) in [6, 6.07) is 0. The summed E-state index contributed by atoms with van der Waals surface area (Å²) in [7, 11) is 0. The second-order valence-corrected chi connectivity index (χ2v) is 4.23. The predicted molar refractivity (Wildman–Crippen MR) is 48.2 cm³/mol. The Bertz CT molecular complexity index is 89.6. The van der Waals surface area contributed by atoms with Crippen LogP contribution in [-0.2, 0) is 9.47 Å². The van der Waals surface area contributed by atoms with Gasteiger partial charge in [0.25, 0.3) is 0 Å². The molecule has 60 valence electrons. The molecule has 0 radical (unpaired) electrons. The molecule has 1 aliphatic rings. The van der Waals surface area contributed by atoms with Crippen LogP contribution in [-0.4, -0.2) is 17.0 Å². The molecule has 0 aliphatic carbocycles. The molecule has 2 unspecified atom stereocenters. The Morgan fingerprint density at radius 2 is 2.40 bits per heavy atom. The Labute approximate surface area is 75.4 Å². The van der Waals surface area contributed by atoms with Crippen LogP contribution in [0.15, 0.2) is 0 Å². The van der Waals surface area contributed by atoms with E-state index in [-0.39, 0.29) is 10.4 Å². The Morgan fingerprint density at radius 1 is 1.60 bits per heavy atom. The van der Waals surface area contributed by atoms with Crippen LogP contribution in [0.3, 0.4) is 0 Å². The second kappa shape index (κ2) is 4.51. The van der Waals surface area contributed by atoms with Crippen LogP contribution in [0.25, 0.3) is 0 Å². The van der Waals surface area contributed by atoms with Gasteiger partial charge < -0.3 is 9.47 Å². The fourth-order valence-electron chi connectivity index (χ4n) is 1.03. The first-order chi connectivity index (χ1) is 4.79. The van der Waals surface area contributed by atoms with Crippen LogP contribution < -0.4 is 0 Å². The fraction of sp³-hybridized carbons (Fsp3) is 1.00. The standard InChI is InChI=1S/C7H13IO2/c1-6(8)10-7-4-2-3-5-9-7/h6-7H,2-5H2,1H3. The summed E-state index contributed by atoms with van der Waals surface area (Å²) >= 11 is 2.24. The lowest BCUT2D eigenvalue weighted by Crippen LogP contribution is -2.24. The average Bonchev–Trinajstić information content (AvgIpc) is 1.88. The van der Waals surface area contributed by atoms with Crippen LogP contribution in [0.2, 0.25) is 0 Å². The molecule has 1 fully saturated rings. The van der Waals surface area contributed by atoms with Crippen molar-refractivity contribution in [2.45, 2.75) is 36.6 Å². The molecule has 0 saturated carbocycles. The molecule has 1 aliphatic heterocycles. The molecule has 0 amide bonds. The fourth-order valence-corrected chi connectivity index (χ4v) is 1.36. The highest BCUT2D eigenvalue weighted by atomic mass is 127. The van der Waals surface area contributed by atoms with E-state index in [0.29, 0.717) is 0 Å². The van der Waals surface area contributed by atoms with E-state index in [0.717, 1.165) is 13.0 Å². The third-order valence-corrected chi connectivity index (χ3v) is 1.77. The van der Waals surface area contributed by atoms with Crippen molar-refractivity contribution in [1.29, 1.82) is 0 Å². The summed E-state index contributed by atoms with van der Waals surface area (Å²) in [6.45, 7) is 2.90. The Morgan fingerprint density at radius 3 is 2.90 bits per heavy atom. The normalized spacial score (nSPS) is 30.0. The van der Waals surface area contributed by atoms with Gasteiger partial charge in [-0.1, -0.05) is 22.6 Å². The zero-order valence-corrected chi connectivity index (χ0v) is 8.34. The lowest BCUT2D eigenvalue weighted by atomic mass is 10.2. The zero-order valence-electron chi connectivity index (χ0n) is 6.18. The van der Waals surface area contributed by atoms with Crippen molar-refractivity contribution < 1.29 is 9.47 Å². The first-order valence-electron chi connectivity index (χ1n) is 3.70. The topological polar surface area (TPSA) is 18.5 Å². The molecule has 1 rings (SSSR count). The van der Waals surface area contributed by atoms with Crippen molar-refractivity contribution in [2.24, 2.45) is 0 Å². The summed E-state index contributed by atoms with van der Waals surface area (Å²) in [5, 5.41) is 0. The molecular formula is C7H13IO2. The summed E-state index contributed by atoms with van der Waals surface area (Å²) in [4.78, 5) is 0. The van der Waals surface area contributed by atoms with Gasteiger partial charge in [0.2, 0.25) is 0 Å². The van der Waals surface area contributed by atoms with Gasteiger partial charge in [-0.05, 0) is 26.2 Å². The van der Waals surface area contributed by atoms with Crippen molar-refractivity contribution in [3.8, 4) is 0 Å². The summed E-state index contributed by atoms with van der Waals surface area (Å²) in [5.74, 6) is 0. The van der Waals surface area contributed by atoms with Gasteiger partial charge in [-0.15, -0.1) is 0 Å². The lowest BCUT2D eigenvalue weighted by molar-refractivity contribution is -0.163. The highest BCUT2D eigenvalue weighted by Crippen LogP contribution is 2.16. The summed E-state index contributed by atoms with van der Waals surface area (Å²) in [5.41, 5.74) is 0. The summed E-state index contributed by atoms with van der Waals surface area (Å²) in [6.07, 6.45) is 3.57. The monoisotopic (exact) mass is 256 g/mol. The van der Waals surface area contributed by atoms with Crippen molar-refractivity contribution in [1.82, 2.24) is 0 Å². The predicted octanol–water partition coefficient (Wildman–Crippen LogP) is 2.31. The molecule has 0 spiro atoms. The van der Waals surface area contributed by atoms with E-state index < -0.39 is 0 Å². The van der Waals surface area contributed by atoms with Crippen LogP contribution in [0, 0.1) is 0 Å². The minimum Gasteiger partial charge on any atom is -0.353 e. The number of hydrogen-bond acceptors (Lipinski definition) is 2. The van der Waals surface area contributed by atoms with Crippen molar-refractivity contribution in [3.05, 3.63) is 0 Å². The van der Waals surface area contributed by atoms with Crippen molar-refractivity contribution in [2.75, 3.05) is 6.61 Å². The average molecular weight is 256 g/mol. The largest absolute Gasteiger partial charge is 0.353 e. The number of alkyl halides is 1. The molecule has 0 N–H and O–H groups in total. The number of ether oxygens (including phenoxy) is 2. The molecule has 10 heavy (non-hydrogen) atoms. The zero-order chi connectivity index (χ0) is 7.40. The Balaban J connectivity index is 2.13. The van der Waals surface area contributed by atoms with Gasteiger partial charge in [0, 0.05) is 6.61 Å². The maximum atomic E-state index is 5.46. The van der Waals surface area contributed by atoms with Gasteiger partial charge in [0.1, 0.15) is 4.11 Å². The van der Waals surface area contributed by atoms with Gasteiger partial charge >= 0.3 is 0 Å². The van der Waals surface area contributed by atoms with E-state index in [1.165, 1.54) is 12.8 Å². The van der Waals surface area contributed by atoms with E-state index >= 15 is 0 Å². The Hall–Kier alpha value is 0.650. The third kappa shape index (κ3) is 3.16. The van der Waals surface area contributed by atoms with Gasteiger partial charge in [0.05, 0.1) is 0 Å². The Kier molecular flexibility index (Phi) is 3.95. The molecule has 2 atom stereocenters. The highest BCUT2D eigenvalue weighted by Gasteiger charge is 2.15. The van der Waals surface area contributed by atoms with E-state index in [2.05, 4.69) is 22.6 Å². The van der Waals surface area contributed by atoms with Crippen LogP contribution in [0.4, 0.5) is 0 Å². The van der Waals surface area contributed by atoms with Crippen LogP contribution in [0.1, 0.15) is 26.2 Å². The molecule has 1 heterocycles. The molecular weight excluding hydrogens is 243 g/mol. The molecule has 0 aromatic heterocycles. The third-order valence-electron chi connectivity index (χ3n) is 1.48. The van der Waals surface area contributed by atoms with Gasteiger partial charge in [0.15, 0.2) is 6.29 Å². The van der Waals surface area contributed by atoms with E-state index in [4.69, 9.17) is 9.47 Å². The summed E-state index contributed by atoms with van der Waals surface area (Å²) < 4.78 is 11.1. The minimum absolute atomic E-state index is 0.0700. The SMILES string of the molecule is CC(I)OC1CCCCO1. The maximum Gasteiger partial charge on any atom is 0.158 e. The van der Waals surface area contributed by atoms with Gasteiger partial charge in [-0.25, -0.2) is 0 Å². The molecule has 1 saturated heterocycles. The van der Waals surface area contributed by atoms with Gasteiger partial charge in [-0.2, -0.15) is 0 Å². The van der Waals surface area contributed by atoms with E-state index in [1.54, 1.807) is 0 Å². The first-order valence-corrected chi connectivity index (χ1v) is 4.95. The van der Waals surface area contributed by atoms with Crippen LogP contribution in [0.5, 0.6) is 0 Å². The molecule has 0 bridgehead atoms. The van der Waals surface area contributed by atoms with Crippen LogP contribution >= 0.6 is 22.6 Å². The smallest absolute Gasteiger partial charge is 0.158 e. The minimum atomic E-state index is 0.0700.